The average Bonchev–Trinajstić information content (AvgIpc) is 0.722. The second-order valence-corrected chi connectivity index (χ2v) is 1.34. The minimum Gasteiger partial charge on any atom is -0.822 e. The molecule has 0 fully saturated rings. The molecule has 0 spiro atoms. The summed E-state index contributed by atoms with van der Waals surface area (Å²) in [5.74, 6) is 0. The van der Waals surface area contributed by atoms with Gasteiger partial charge in [-0.3, -0.25) is 0 Å². The quantitative estimate of drug-likeness (QED) is 0.312. The average molecular weight is 376 g/mol. The largest absolute Gasteiger partial charge is 2.00 e. The van der Waals surface area contributed by atoms with Crippen LogP contribution in [-0.4, -0.2) is 264 Å². The van der Waals surface area contributed by atoms with Crippen LogP contribution in [0.25, 0.3) is 0 Å². The minimum absolute atomic E-state index is 0. The Morgan fingerprint density at radius 1 is 0.583 bits per heavy atom. The van der Waals surface area contributed by atoms with Crippen LogP contribution in [0, 0.1) is 0 Å². The molecule has 0 saturated heterocycles. The molecule has 0 amide bonds. The van der Waals surface area contributed by atoms with Gasteiger partial charge in [-0.15, -0.1) is 0 Å². The van der Waals surface area contributed by atoms with Crippen LogP contribution in [0.3, 0.4) is 0 Å². The van der Waals surface area contributed by atoms with Crippen molar-refractivity contribution in [1.29, 1.82) is 0 Å². The standard InChI is InChI=1S/7Ca.H3O4P/c;;;;;;;1-5(2,3)4/h;;;;;;;(H3,1,2,3,4)/q7*+2;/p-3. The van der Waals surface area contributed by atoms with Gasteiger partial charge in [0.2, 0.25) is 0 Å². The molecular formula is Ca7O4P+11. The third-order valence-electron chi connectivity index (χ3n) is 0. The Hall–Kier alpha value is 8.93. The predicted octanol–water partition coefficient (Wildman–Crippen LogP) is -5.49. The molecule has 0 aromatic carbocycles. The first kappa shape index (κ1) is 49.7. The first-order chi connectivity index (χ1) is 2.00. The molecule has 0 bridgehead atoms. The van der Waals surface area contributed by atoms with E-state index in [4.69, 9.17) is 19.2 Å². The zero-order chi connectivity index (χ0) is 4.50. The molecule has 0 radical (unpaired) electrons. The summed E-state index contributed by atoms with van der Waals surface area (Å²) in [6, 6.07) is 0. The van der Waals surface area contributed by atoms with Crippen molar-refractivity contribution in [1.82, 2.24) is 0 Å². The maximum absolute atomic E-state index is 8.55. The van der Waals surface area contributed by atoms with Gasteiger partial charge >= 0.3 is 264 Å². The second kappa shape index (κ2) is 32.0. The Balaban J connectivity index is -0.00000000381. The van der Waals surface area contributed by atoms with Crippen molar-refractivity contribution < 1.29 is 19.2 Å². The number of phosphoric acid groups is 1. The first-order valence-corrected chi connectivity index (χ1v) is 2.19. The molecule has 0 heterocycles. The molecule has 12 heteroatoms. The first-order valence-electron chi connectivity index (χ1n) is 0.730. The van der Waals surface area contributed by atoms with Crippen molar-refractivity contribution in [3.8, 4) is 0 Å². The van der Waals surface area contributed by atoms with Crippen molar-refractivity contribution in [3.63, 3.8) is 0 Å². The molecule has 4 nitrogen and oxygen atoms in total. The molecule has 0 unspecified atom stereocenters. The third kappa shape index (κ3) is 76.3. The zero-order valence-corrected chi connectivity index (χ0v) is 23.4. The van der Waals surface area contributed by atoms with E-state index in [0.717, 1.165) is 0 Å². The van der Waals surface area contributed by atoms with Crippen LogP contribution in [0.2, 0.25) is 0 Å². The van der Waals surface area contributed by atoms with Crippen LogP contribution in [0.4, 0.5) is 0 Å². The fourth-order valence-corrected chi connectivity index (χ4v) is 0. The maximum atomic E-state index is 8.55. The van der Waals surface area contributed by atoms with Gasteiger partial charge in [0, 0.05) is 0 Å². The Kier molecular flexibility index (Phi) is 133. The Labute approximate surface area is 281 Å². The van der Waals surface area contributed by atoms with Gasteiger partial charge in [-0.1, -0.05) is 0 Å². The zero-order valence-electron chi connectivity index (χ0n) is 7.03. The SMILES string of the molecule is O=P([O-])([O-])[O-].[Ca+2].[Ca+2].[Ca+2].[Ca+2].[Ca+2].[Ca+2].[Ca+2]. The number of hydrogen-bond acceptors (Lipinski definition) is 4. The van der Waals surface area contributed by atoms with Gasteiger partial charge in [0.15, 0.2) is 0 Å². The maximum Gasteiger partial charge on any atom is 2.00 e. The van der Waals surface area contributed by atoms with Crippen LogP contribution in [0.5, 0.6) is 0 Å². The van der Waals surface area contributed by atoms with Gasteiger partial charge in [-0.05, 0) is 0 Å². The van der Waals surface area contributed by atoms with Crippen LogP contribution in [-0.2, 0) is 4.57 Å². The summed E-state index contributed by atoms with van der Waals surface area (Å²) in [6.07, 6.45) is 0. The summed E-state index contributed by atoms with van der Waals surface area (Å²) in [6.45, 7) is 0. The molecule has 0 saturated carbocycles. The second-order valence-electron chi connectivity index (χ2n) is 0.447. The molecule has 0 atom stereocenters. The topological polar surface area (TPSA) is 86.2 Å². The molecule has 12 heavy (non-hydrogen) atoms. The van der Waals surface area contributed by atoms with Crippen molar-refractivity contribution in [3.05, 3.63) is 0 Å². The summed E-state index contributed by atoms with van der Waals surface area (Å²) in [5.41, 5.74) is 0. The van der Waals surface area contributed by atoms with Gasteiger partial charge in [-0.2, -0.15) is 7.82 Å². The van der Waals surface area contributed by atoms with Crippen molar-refractivity contribution in [2.75, 3.05) is 0 Å². The predicted molar refractivity (Wildman–Crippen MR) is 47.9 cm³/mol. The van der Waals surface area contributed by atoms with Gasteiger partial charge in [-0.25, -0.2) is 0 Å². The van der Waals surface area contributed by atoms with E-state index in [2.05, 4.69) is 0 Å². The molecule has 0 aliphatic carbocycles. The van der Waals surface area contributed by atoms with Gasteiger partial charge in [0.05, 0.1) is 0 Å². The van der Waals surface area contributed by atoms with Crippen molar-refractivity contribution >= 4 is 272 Å². The molecular weight excluding hydrogens is 376 g/mol. The Bertz CT molecular complexity index is 61.5. The normalized spacial score (nSPS) is 4.92. The van der Waals surface area contributed by atoms with E-state index >= 15 is 0 Å². The summed E-state index contributed by atoms with van der Waals surface area (Å²) in [7, 11) is -5.39. The summed E-state index contributed by atoms with van der Waals surface area (Å²) >= 11 is 0. The van der Waals surface area contributed by atoms with E-state index in [1.165, 1.54) is 0 Å². The van der Waals surface area contributed by atoms with Crippen molar-refractivity contribution in [2.24, 2.45) is 0 Å². The van der Waals surface area contributed by atoms with Gasteiger partial charge in [0.25, 0.3) is 0 Å². The van der Waals surface area contributed by atoms with E-state index in [1.807, 2.05) is 0 Å². The molecule has 0 aromatic rings. The molecule has 0 aromatic heterocycles. The van der Waals surface area contributed by atoms with Crippen LogP contribution in [0.1, 0.15) is 0 Å². The van der Waals surface area contributed by atoms with E-state index in [-0.39, 0.29) is 264 Å². The fraction of sp³-hybridized carbons (Fsp3) is 0. The molecule has 0 N–H and O–H groups in total. The van der Waals surface area contributed by atoms with Gasteiger partial charge in [0.1, 0.15) is 0 Å². The number of hydrogen-bond donors (Lipinski definition) is 0. The van der Waals surface area contributed by atoms with E-state index < -0.39 is 7.82 Å². The summed E-state index contributed by atoms with van der Waals surface area (Å²) in [5, 5.41) is 0. The van der Waals surface area contributed by atoms with Gasteiger partial charge < -0.3 is 19.2 Å². The van der Waals surface area contributed by atoms with E-state index in [9.17, 15) is 0 Å². The molecule has 0 aliphatic rings. The molecule has 0 aliphatic heterocycles. The third-order valence-corrected chi connectivity index (χ3v) is 0. The van der Waals surface area contributed by atoms with E-state index in [1.54, 1.807) is 0 Å². The summed E-state index contributed by atoms with van der Waals surface area (Å²) in [4.78, 5) is 25.6. The van der Waals surface area contributed by atoms with Crippen LogP contribution < -0.4 is 14.7 Å². The Morgan fingerprint density at radius 3 is 0.583 bits per heavy atom. The number of rotatable bonds is 0. The monoisotopic (exact) mass is 375 g/mol. The van der Waals surface area contributed by atoms with E-state index in [0.29, 0.717) is 0 Å². The molecule has 0 rings (SSSR count). The summed E-state index contributed by atoms with van der Waals surface area (Å²) < 4.78 is 8.55. The van der Waals surface area contributed by atoms with Crippen LogP contribution >= 0.6 is 7.82 Å². The molecule has 32 valence electrons. The minimum atomic E-state index is -5.39. The van der Waals surface area contributed by atoms with Crippen molar-refractivity contribution in [2.45, 2.75) is 0 Å². The van der Waals surface area contributed by atoms with Crippen LogP contribution in [0.15, 0.2) is 0 Å². The Morgan fingerprint density at radius 2 is 0.583 bits per heavy atom. The smallest absolute Gasteiger partial charge is 0.822 e. The fourth-order valence-electron chi connectivity index (χ4n) is 0.